The monoisotopic (exact) mass is 627 g/mol. The molecular formula is C34H49N3O8. The number of nitrogens with zero attached hydrogens (tertiary/aromatic N) is 2. The van der Waals surface area contributed by atoms with E-state index < -0.39 is 17.8 Å². The normalized spacial score (nSPS) is 16.6. The van der Waals surface area contributed by atoms with Crippen molar-refractivity contribution in [2.75, 3.05) is 47.1 Å². The van der Waals surface area contributed by atoms with Crippen LogP contribution in [0.3, 0.4) is 0 Å². The van der Waals surface area contributed by atoms with Gasteiger partial charge in [0.1, 0.15) is 12.2 Å². The molecule has 3 rings (SSSR count). The lowest BCUT2D eigenvalue weighted by Crippen LogP contribution is -2.57. The first-order valence-electron chi connectivity index (χ1n) is 15.5. The first-order chi connectivity index (χ1) is 21.4. The fourth-order valence-corrected chi connectivity index (χ4v) is 5.28. The van der Waals surface area contributed by atoms with Crippen LogP contribution in [0.5, 0.6) is 11.5 Å². The molecule has 1 aliphatic rings. The minimum absolute atomic E-state index is 0.148. The summed E-state index contributed by atoms with van der Waals surface area (Å²) < 4.78 is 27.6. The van der Waals surface area contributed by atoms with E-state index in [0.717, 1.165) is 5.56 Å². The molecule has 0 aromatic heterocycles. The Balaban J connectivity index is 1.79. The Bertz CT molecular complexity index is 1250. The van der Waals surface area contributed by atoms with Gasteiger partial charge in [0.15, 0.2) is 11.5 Å². The molecule has 2 aromatic carbocycles. The SMILES string of the molecule is COCCCOc1cc(C(=O)N(C(C)C)[C@@H]2CC(CNC(=O)OCc3ccccc3)CN(C(=O)OC(C)(C)C)C2)ccc1OC. The quantitative estimate of drug-likeness (QED) is 0.289. The Kier molecular flexibility index (Phi) is 13.3. The van der Waals surface area contributed by atoms with E-state index in [2.05, 4.69) is 5.32 Å². The van der Waals surface area contributed by atoms with E-state index >= 15 is 0 Å². The third-order valence-corrected chi connectivity index (χ3v) is 7.26. The lowest BCUT2D eigenvalue weighted by molar-refractivity contribution is -0.00117. The molecule has 0 aliphatic carbocycles. The Morgan fingerprint density at radius 3 is 2.38 bits per heavy atom. The molecule has 1 unspecified atom stereocenters. The van der Waals surface area contributed by atoms with Gasteiger partial charge in [0, 0.05) is 51.4 Å². The number of piperidine rings is 1. The van der Waals surface area contributed by atoms with Crippen molar-refractivity contribution in [2.24, 2.45) is 5.92 Å². The van der Waals surface area contributed by atoms with Crippen molar-refractivity contribution in [1.29, 1.82) is 0 Å². The smallest absolute Gasteiger partial charge is 0.410 e. The van der Waals surface area contributed by atoms with E-state index in [1.807, 2.05) is 65.0 Å². The summed E-state index contributed by atoms with van der Waals surface area (Å²) in [6, 6.07) is 14.0. The molecular weight excluding hydrogens is 578 g/mol. The minimum Gasteiger partial charge on any atom is -0.493 e. The Morgan fingerprint density at radius 2 is 1.73 bits per heavy atom. The summed E-state index contributed by atoms with van der Waals surface area (Å²) in [5.74, 6) is 0.655. The molecule has 0 spiro atoms. The zero-order valence-corrected chi connectivity index (χ0v) is 27.7. The molecule has 1 fully saturated rings. The van der Waals surface area contributed by atoms with Crippen LogP contribution in [-0.4, -0.2) is 92.6 Å². The van der Waals surface area contributed by atoms with Crippen LogP contribution >= 0.6 is 0 Å². The number of benzene rings is 2. The summed E-state index contributed by atoms with van der Waals surface area (Å²) in [5, 5.41) is 2.85. The zero-order valence-electron chi connectivity index (χ0n) is 27.7. The van der Waals surface area contributed by atoms with Gasteiger partial charge in [-0.3, -0.25) is 4.79 Å². The number of methoxy groups -OCH3 is 2. The van der Waals surface area contributed by atoms with Crippen molar-refractivity contribution >= 4 is 18.1 Å². The van der Waals surface area contributed by atoms with Crippen molar-refractivity contribution in [2.45, 2.75) is 71.8 Å². The molecule has 11 nitrogen and oxygen atoms in total. The van der Waals surface area contributed by atoms with Gasteiger partial charge in [0.25, 0.3) is 5.91 Å². The van der Waals surface area contributed by atoms with Crippen LogP contribution < -0.4 is 14.8 Å². The summed E-state index contributed by atoms with van der Waals surface area (Å²) in [5.41, 5.74) is 0.643. The first-order valence-corrected chi connectivity index (χ1v) is 15.5. The summed E-state index contributed by atoms with van der Waals surface area (Å²) >= 11 is 0. The number of ether oxygens (including phenoxy) is 5. The maximum absolute atomic E-state index is 14.1. The summed E-state index contributed by atoms with van der Waals surface area (Å²) in [6.45, 7) is 11.4. The van der Waals surface area contributed by atoms with Crippen LogP contribution in [0.1, 0.15) is 63.4 Å². The molecule has 3 amide bonds. The highest BCUT2D eigenvalue weighted by Gasteiger charge is 2.38. The molecule has 0 radical (unpaired) electrons. The van der Waals surface area contributed by atoms with Crippen LogP contribution in [0.4, 0.5) is 9.59 Å². The Hall–Kier alpha value is -3.99. The van der Waals surface area contributed by atoms with Gasteiger partial charge in [-0.25, -0.2) is 9.59 Å². The second-order valence-electron chi connectivity index (χ2n) is 12.5. The van der Waals surface area contributed by atoms with Gasteiger partial charge < -0.3 is 38.8 Å². The molecule has 1 N–H and O–H groups in total. The van der Waals surface area contributed by atoms with E-state index in [1.54, 1.807) is 42.2 Å². The number of carbonyl (C=O) groups is 3. The molecule has 2 aromatic rings. The fraction of sp³-hybridized carbons (Fsp3) is 0.559. The highest BCUT2D eigenvalue weighted by Crippen LogP contribution is 2.31. The van der Waals surface area contributed by atoms with Crippen molar-refractivity contribution in [3.05, 3.63) is 59.7 Å². The molecule has 1 heterocycles. The van der Waals surface area contributed by atoms with Crippen molar-refractivity contribution < 1.29 is 38.1 Å². The average Bonchev–Trinajstić information content (AvgIpc) is 3.00. The van der Waals surface area contributed by atoms with Crippen LogP contribution in [0, 0.1) is 5.92 Å². The predicted molar refractivity (Wildman–Crippen MR) is 171 cm³/mol. The number of alkyl carbamates (subject to hydrolysis) is 1. The highest BCUT2D eigenvalue weighted by atomic mass is 16.6. The predicted octanol–water partition coefficient (Wildman–Crippen LogP) is 5.51. The largest absolute Gasteiger partial charge is 0.493 e. The zero-order chi connectivity index (χ0) is 33.0. The Labute approximate surface area is 267 Å². The van der Waals surface area contributed by atoms with Gasteiger partial charge in [0.2, 0.25) is 0 Å². The summed E-state index contributed by atoms with van der Waals surface area (Å²) in [6.07, 6.45) is 0.251. The molecule has 1 saturated heterocycles. The van der Waals surface area contributed by atoms with Crippen LogP contribution in [0.2, 0.25) is 0 Å². The van der Waals surface area contributed by atoms with Crippen molar-refractivity contribution in [1.82, 2.24) is 15.1 Å². The maximum atomic E-state index is 14.1. The summed E-state index contributed by atoms with van der Waals surface area (Å²) in [4.78, 5) is 43.3. The Morgan fingerprint density at radius 1 is 1.00 bits per heavy atom. The lowest BCUT2D eigenvalue weighted by Gasteiger charge is -2.44. The third-order valence-electron chi connectivity index (χ3n) is 7.26. The molecule has 248 valence electrons. The number of hydrogen-bond acceptors (Lipinski definition) is 8. The number of amides is 3. The van der Waals surface area contributed by atoms with Gasteiger partial charge in [-0.2, -0.15) is 0 Å². The molecule has 11 heteroatoms. The fourth-order valence-electron chi connectivity index (χ4n) is 5.28. The maximum Gasteiger partial charge on any atom is 0.410 e. The van der Waals surface area contributed by atoms with Crippen molar-refractivity contribution in [3.8, 4) is 11.5 Å². The lowest BCUT2D eigenvalue weighted by atomic mass is 9.92. The van der Waals surface area contributed by atoms with Crippen LogP contribution in [0.15, 0.2) is 48.5 Å². The van der Waals surface area contributed by atoms with Gasteiger partial charge in [-0.1, -0.05) is 30.3 Å². The van der Waals surface area contributed by atoms with Gasteiger partial charge in [-0.15, -0.1) is 0 Å². The number of likely N-dealkylation sites (tertiary alicyclic amines) is 1. The molecule has 1 aliphatic heterocycles. The molecule has 45 heavy (non-hydrogen) atoms. The highest BCUT2D eigenvalue weighted by molar-refractivity contribution is 5.95. The van der Waals surface area contributed by atoms with E-state index in [1.165, 1.54) is 0 Å². The average molecular weight is 628 g/mol. The van der Waals surface area contributed by atoms with Gasteiger partial charge in [0.05, 0.1) is 19.8 Å². The topological polar surface area (TPSA) is 116 Å². The van der Waals surface area contributed by atoms with Crippen LogP contribution in [-0.2, 0) is 20.8 Å². The number of nitrogens with one attached hydrogen (secondary N) is 1. The van der Waals surface area contributed by atoms with Gasteiger partial charge >= 0.3 is 12.2 Å². The number of hydrogen-bond donors (Lipinski definition) is 1. The molecule has 2 atom stereocenters. The second-order valence-corrected chi connectivity index (χ2v) is 12.5. The van der Waals surface area contributed by atoms with E-state index in [-0.39, 0.29) is 37.1 Å². The summed E-state index contributed by atoms with van der Waals surface area (Å²) in [7, 11) is 3.19. The van der Waals surface area contributed by atoms with E-state index in [9.17, 15) is 14.4 Å². The number of carbonyl (C=O) groups excluding carboxylic acids is 3. The van der Waals surface area contributed by atoms with E-state index in [4.69, 9.17) is 23.7 Å². The second kappa shape index (κ2) is 16.9. The molecule has 0 bridgehead atoms. The third kappa shape index (κ3) is 11.1. The standard InChI is InChI=1S/C34H49N3O8/c1-24(2)37(31(38)27-14-15-29(42-7)30(19-27)43-17-11-16-41-6)28-18-26(21-36(22-28)33(40)45-34(3,4)5)20-35-32(39)44-23-25-12-9-8-10-13-25/h8-10,12-15,19,24,26,28H,11,16-18,20-23H2,1-7H3,(H,35,39)/t26?,28-/m1/s1. The molecule has 0 saturated carbocycles. The number of rotatable bonds is 13. The minimum atomic E-state index is -0.685. The van der Waals surface area contributed by atoms with Gasteiger partial charge in [-0.05, 0) is 70.7 Å². The van der Waals surface area contributed by atoms with E-state index in [0.29, 0.717) is 56.2 Å². The first kappa shape index (κ1) is 35.5. The van der Waals surface area contributed by atoms with Crippen LogP contribution in [0.25, 0.3) is 0 Å². The van der Waals surface area contributed by atoms with Crippen molar-refractivity contribution in [3.63, 3.8) is 0 Å².